The van der Waals surface area contributed by atoms with E-state index in [1.165, 1.54) is 10.5 Å². The second kappa shape index (κ2) is 6.92. The van der Waals surface area contributed by atoms with Crippen molar-refractivity contribution in [1.82, 2.24) is 5.32 Å². The predicted octanol–water partition coefficient (Wildman–Crippen LogP) is 3.78. The smallest absolute Gasteiger partial charge is 0.251 e. The van der Waals surface area contributed by atoms with Gasteiger partial charge in [-0.1, -0.05) is 18.2 Å². The zero-order valence-corrected chi connectivity index (χ0v) is 14.7. The van der Waals surface area contributed by atoms with Crippen LogP contribution in [0, 0.1) is 0 Å². The van der Waals surface area contributed by atoms with E-state index in [1.54, 1.807) is 17.0 Å². The van der Waals surface area contributed by atoms with Gasteiger partial charge >= 0.3 is 0 Å². The zero-order chi connectivity index (χ0) is 17.2. The van der Waals surface area contributed by atoms with Crippen LogP contribution in [-0.2, 0) is 4.79 Å². The maximum Gasteiger partial charge on any atom is 0.251 e. The predicted molar refractivity (Wildman–Crippen MR) is 100 cm³/mol. The van der Waals surface area contributed by atoms with E-state index < -0.39 is 0 Å². The van der Waals surface area contributed by atoms with Crippen molar-refractivity contribution in [3.05, 3.63) is 59.7 Å². The van der Waals surface area contributed by atoms with Crippen LogP contribution in [0.5, 0.6) is 0 Å². The highest BCUT2D eigenvalue weighted by atomic mass is 32.2. The van der Waals surface area contributed by atoms with E-state index in [2.05, 4.69) is 17.4 Å². The van der Waals surface area contributed by atoms with Crippen LogP contribution in [0.1, 0.15) is 41.2 Å². The van der Waals surface area contributed by atoms with Crippen molar-refractivity contribution in [2.24, 2.45) is 0 Å². The molecule has 0 saturated carbocycles. The number of benzene rings is 2. The number of hydrogen-bond donors (Lipinski definition) is 1. The summed E-state index contributed by atoms with van der Waals surface area (Å²) in [5.41, 5.74) is 2.70. The Morgan fingerprint density at radius 3 is 2.68 bits per heavy atom. The van der Waals surface area contributed by atoms with Gasteiger partial charge < -0.3 is 10.2 Å². The minimum Gasteiger partial charge on any atom is -0.345 e. The molecule has 0 aromatic heterocycles. The lowest BCUT2D eigenvalue weighted by atomic mass is 10.0. The average Bonchev–Trinajstić information content (AvgIpc) is 3.08. The van der Waals surface area contributed by atoms with Gasteiger partial charge in [0, 0.05) is 34.9 Å². The van der Waals surface area contributed by atoms with Gasteiger partial charge in [0.25, 0.3) is 5.91 Å². The first-order valence-electron chi connectivity index (χ1n) is 8.65. The molecule has 128 valence electrons. The summed E-state index contributed by atoms with van der Waals surface area (Å²) in [5.74, 6) is 1.11. The summed E-state index contributed by atoms with van der Waals surface area (Å²) in [6.07, 6.45) is 2.45. The summed E-state index contributed by atoms with van der Waals surface area (Å²) in [7, 11) is 0. The Morgan fingerprint density at radius 1 is 1.12 bits per heavy atom. The van der Waals surface area contributed by atoms with Crippen molar-refractivity contribution in [1.29, 1.82) is 0 Å². The molecule has 0 bridgehead atoms. The van der Waals surface area contributed by atoms with Crippen molar-refractivity contribution >= 4 is 29.3 Å². The van der Waals surface area contributed by atoms with Gasteiger partial charge in [-0.3, -0.25) is 9.59 Å². The third kappa shape index (κ3) is 3.29. The minimum absolute atomic E-state index is 0.0600. The Labute approximate surface area is 151 Å². The molecule has 1 unspecified atom stereocenters. The molecule has 4 nitrogen and oxygen atoms in total. The lowest BCUT2D eigenvalue weighted by Crippen LogP contribution is -2.30. The van der Waals surface area contributed by atoms with Gasteiger partial charge in [0.05, 0.1) is 6.04 Å². The van der Waals surface area contributed by atoms with E-state index in [0.29, 0.717) is 12.0 Å². The highest BCUT2D eigenvalue weighted by molar-refractivity contribution is 7.99. The van der Waals surface area contributed by atoms with E-state index in [0.717, 1.165) is 30.8 Å². The fourth-order valence-corrected chi connectivity index (χ4v) is 4.57. The van der Waals surface area contributed by atoms with E-state index >= 15 is 0 Å². The van der Waals surface area contributed by atoms with Gasteiger partial charge in [0.2, 0.25) is 5.91 Å². The molecule has 2 aliphatic rings. The van der Waals surface area contributed by atoms with Gasteiger partial charge in [-0.25, -0.2) is 0 Å². The summed E-state index contributed by atoms with van der Waals surface area (Å²) in [6.45, 7) is 0.765. The maximum absolute atomic E-state index is 12.6. The molecule has 2 aromatic carbocycles. The number of nitrogens with zero attached hydrogens (tertiary/aromatic N) is 1. The molecule has 2 aromatic rings. The van der Waals surface area contributed by atoms with Crippen molar-refractivity contribution in [3.63, 3.8) is 0 Å². The molecular weight excluding hydrogens is 332 g/mol. The number of nitrogens with one attached hydrogen (secondary N) is 1. The van der Waals surface area contributed by atoms with Crippen LogP contribution in [-0.4, -0.2) is 24.1 Å². The van der Waals surface area contributed by atoms with Crippen molar-refractivity contribution in [2.75, 3.05) is 17.2 Å². The minimum atomic E-state index is -0.0639. The van der Waals surface area contributed by atoms with Gasteiger partial charge in [0.1, 0.15) is 0 Å². The van der Waals surface area contributed by atoms with Crippen LogP contribution in [0.3, 0.4) is 0 Å². The standard InChI is InChI=1S/C20H20N2O2S/c23-19-6-3-12-22(19)15-9-7-14(8-10-15)20(24)21-17-11-13-25-18-5-2-1-4-16(17)18/h1-2,4-5,7-10,17H,3,6,11-13H2,(H,21,24). The Kier molecular flexibility index (Phi) is 4.49. The summed E-state index contributed by atoms with van der Waals surface area (Å²) in [5, 5.41) is 3.16. The third-order valence-electron chi connectivity index (χ3n) is 4.78. The van der Waals surface area contributed by atoms with E-state index in [4.69, 9.17) is 0 Å². The lowest BCUT2D eigenvalue weighted by Gasteiger charge is -2.26. The normalized spacial score (nSPS) is 19.6. The SMILES string of the molecule is O=C(NC1CCSc2ccccc21)c1ccc(N2CCCC2=O)cc1. The molecule has 0 radical (unpaired) electrons. The monoisotopic (exact) mass is 352 g/mol. The fraction of sp³-hybridized carbons (Fsp3) is 0.300. The second-order valence-electron chi connectivity index (χ2n) is 6.40. The molecule has 1 saturated heterocycles. The van der Waals surface area contributed by atoms with Gasteiger partial charge in [-0.2, -0.15) is 0 Å². The van der Waals surface area contributed by atoms with Crippen LogP contribution in [0.25, 0.3) is 0 Å². The first-order chi connectivity index (χ1) is 12.2. The lowest BCUT2D eigenvalue weighted by molar-refractivity contribution is -0.117. The number of hydrogen-bond acceptors (Lipinski definition) is 3. The van der Waals surface area contributed by atoms with E-state index in [9.17, 15) is 9.59 Å². The molecule has 5 heteroatoms. The topological polar surface area (TPSA) is 49.4 Å². The number of anilines is 1. The Balaban J connectivity index is 1.48. The molecule has 1 atom stereocenters. The largest absolute Gasteiger partial charge is 0.345 e. The molecular formula is C20H20N2O2S. The molecule has 0 spiro atoms. The summed E-state index contributed by atoms with van der Waals surface area (Å²) in [4.78, 5) is 27.5. The molecule has 25 heavy (non-hydrogen) atoms. The van der Waals surface area contributed by atoms with Gasteiger partial charge in [-0.15, -0.1) is 11.8 Å². The van der Waals surface area contributed by atoms with Crippen LogP contribution in [0.4, 0.5) is 5.69 Å². The maximum atomic E-state index is 12.6. The molecule has 0 aliphatic carbocycles. The Bertz CT molecular complexity index is 804. The second-order valence-corrected chi connectivity index (χ2v) is 7.53. The zero-order valence-electron chi connectivity index (χ0n) is 13.9. The Morgan fingerprint density at radius 2 is 1.92 bits per heavy atom. The van der Waals surface area contributed by atoms with Crippen molar-refractivity contribution < 1.29 is 9.59 Å². The van der Waals surface area contributed by atoms with E-state index in [1.807, 2.05) is 36.0 Å². The number of carbonyl (C=O) groups is 2. The van der Waals surface area contributed by atoms with Crippen molar-refractivity contribution in [2.45, 2.75) is 30.2 Å². The van der Waals surface area contributed by atoms with E-state index in [-0.39, 0.29) is 17.9 Å². The molecule has 2 heterocycles. The summed E-state index contributed by atoms with van der Waals surface area (Å²) >= 11 is 1.84. The van der Waals surface area contributed by atoms with Crippen LogP contribution >= 0.6 is 11.8 Å². The first-order valence-corrected chi connectivity index (χ1v) is 9.64. The molecule has 2 aliphatic heterocycles. The molecule has 2 amide bonds. The Hall–Kier alpha value is -2.27. The first kappa shape index (κ1) is 16.2. The summed E-state index contributed by atoms with van der Waals surface area (Å²) < 4.78 is 0. The van der Waals surface area contributed by atoms with Gasteiger partial charge in [-0.05, 0) is 48.7 Å². The number of carbonyl (C=O) groups excluding carboxylic acids is 2. The number of amides is 2. The average molecular weight is 352 g/mol. The highest BCUT2D eigenvalue weighted by Crippen LogP contribution is 2.36. The number of rotatable bonds is 3. The van der Waals surface area contributed by atoms with Crippen LogP contribution in [0.15, 0.2) is 53.4 Å². The van der Waals surface area contributed by atoms with Crippen molar-refractivity contribution in [3.8, 4) is 0 Å². The third-order valence-corrected chi connectivity index (χ3v) is 5.90. The van der Waals surface area contributed by atoms with Crippen LogP contribution < -0.4 is 10.2 Å². The van der Waals surface area contributed by atoms with Crippen LogP contribution in [0.2, 0.25) is 0 Å². The fourth-order valence-electron chi connectivity index (χ4n) is 3.45. The van der Waals surface area contributed by atoms with Gasteiger partial charge in [0.15, 0.2) is 0 Å². The quantitative estimate of drug-likeness (QED) is 0.914. The highest BCUT2D eigenvalue weighted by Gasteiger charge is 2.24. The molecule has 4 rings (SSSR count). The molecule has 1 fully saturated rings. The number of fused-ring (bicyclic) bond motifs is 1. The summed E-state index contributed by atoms with van der Waals surface area (Å²) in [6, 6.07) is 15.7. The molecule has 1 N–H and O–H groups in total. The number of thioether (sulfide) groups is 1.